The number of rotatable bonds is 4. The van der Waals surface area contributed by atoms with E-state index in [4.69, 9.17) is 9.31 Å². The molecule has 1 aliphatic heterocycles. The predicted octanol–water partition coefficient (Wildman–Crippen LogP) is 5.05. The van der Waals surface area contributed by atoms with E-state index in [1.807, 2.05) is 27.7 Å². The van der Waals surface area contributed by atoms with Crippen molar-refractivity contribution in [2.24, 2.45) is 0 Å². The second-order valence-corrected chi connectivity index (χ2v) is 9.10. The maximum absolute atomic E-state index is 11.4. The molecule has 0 saturated carbocycles. The van der Waals surface area contributed by atoms with Gasteiger partial charge in [-0.3, -0.25) is 4.79 Å². The molecular formula is C18H24BBrO3S. The van der Waals surface area contributed by atoms with Gasteiger partial charge in [-0.25, -0.2) is 0 Å². The van der Waals surface area contributed by atoms with E-state index in [1.54, 1.807) is 6.92 Å². The molecular weight excluding hydrogens is 387 g/mol. The molecule has 0 spiro atoms. The highest BCUT2D eigenvalue weighted by molar-refractivity contribution is 9.10. The number of benzene rings is 1. The van der Waals surface area contributed by atoms with E-state index in [0.717, 1.165) is 15.5 Å². The fourth-order valence-electron chi connectivity index (χ4n) is 2.27. The minimum Gasteiger partial charge on any atom is -0.400 e. The minimum absolute atomic E-state index is 0.0857. The molecule has 1 heterocycles. The summed E-state index contributed by atoms with van der Waals surface area (Å²) in [5.41, 5.74) is 2.41. The van der Waals surface area contributed by atoms with Crippen LogP contribution in [0.1, 0.15) is 45.7 Å². The van der Waals surface area contributed by atoms with Crippen LogP contribution in [0.4, 0.5) is 0 Å². The van der Waals surface area contributed by atoms with Crippen LogP contribution >= 0.6 is 27.7 Å². The number of aryl methyl sites for hydroxylation is 1. The lowest BCUT2D eigenvalue weighted by Gasteiger charge is -2.32. The third-order valence-corrected chi connectivity index (χ3v) is 6.28. The smallest absolute Gasteiger partial charge is 0.400 e. The summed E-state index contributed by atoms with van der Waals surface area (Å²) < 4.78 is 13.4. The Balaban J connectivity index is 2.33. The Bertz CT molecular complexity index is 654. The van der Waals surface area contributed by atoms with E-state index < -0.39 is 18.3 Å². The lowest BCUT2D eigenvalue weighted by molar-refractivity contribution is -0.109. The zero-order valence-electron chi connectivity index (χ0n) is 15.1. The molecule has 0 bridgehead atoms. The van der Waals surface area contributed by atoms with E-state index in [9.17, 15) is 4.79 Å². The molecule has 0 atom stereocenters. The van der Waals surface area contributed by atoms with Crippen LogP contribution in [0, 0.1) is 6.92 Å². The van der Waals surface area contributed by atoms with Crippen LogP contribution in [0.15, 0.2) is 28.1 Å². The van der Waals surface area contributed by atoms with Gasteiger partial charge in [-0.1, -0.05) is 45.9 Å². The molecule has 1 fully saturated rings. The molecule has 1 saturated heterocycles. The standard InChI is InChI=1S/C18H24BBrO3S/c1-12-7-8-14(10-16(12)20)9-15(11-24-13(2)21)19-22-17(3,4)18(5,6)23-19/h7-10H,11H2,1-6H3. The average molecular weight is 411 g/mol. The molecule has 1 aliphatic rings. The fourth-order valence-corrected chi connectivity index (χ4v) is 3.26. The zero-order valence-corrected chi connectivity index (χ0v) is 17.5. The largest absolute Gasteiger partial charge is 0.491 e. The Morgan fingerprint density at radius 3 is 2.33 bits per heavy atom. The minimum atomic E-state index is -0.443. The first-order chi connectivity index (χ1) is 11.0. The van der Waals surface area contributed by atoms with Crippen LogP contribution in [-0.2, 0) is 14.1 Å². The molecule has 2 rings (SSSR count). The first-order valence-electron chi connectivity index (χ1n) is 7.97. The molecule has 0 aromatic heterocycles. The van der Waals surface area contributed by atoms with Crippen LogP contribution in [0.3, 0.4) is 0 Å². The lowest BCUT2D eigenvalue weighted by atomic mass is 9.78. The average Bonchev–Trinajstić information content (AvgIpc) is 2.67. The summed E-state index contributed by atoms with van der Waals surface area (Å²) in [5, 5.41) is 0.0857. The fraction of sp³-hybridized carbons (Fsp3) is 0.500. The summed E-state index contributed by atoms with van der Waals surface area (Å²) in [7, 11) is -0.443. The third-order valence-electron chi connectivity index (χ3n) is 4.55. The van der Waals surface area contributed by atoms with Crippen LogP contribution in [0.5, 0.6) is 0 Å². The normalized spacial score (nSPS) is 19.6. The molecule has 0 amide bonds. The van der Waals surface area contributed by atoms with Gasteiger partial charge in [0.1, 0.15) is 0 Å². The summed E-state index contributed by atoms with van der Waals surface area (Å²) in [4.78, 5) is 11.4. The summed E-state index contributed by atoms with van der Waals surface area (Å²) in [6.45, 7) is 11.8. The molecule has 130 valence electrons. The molecule has 0 unspecified atom stereocenters. The van der Waals surface area contributed by atoms with Crippen molar-refractivity contribution in [1.82, 2.24) is 0 Å². The summed E-state index contributed by atoms with van der Waals surface area (Å²) in [6, 6.07) is 6.19. The molecule has 6 heteroatoms. The maximum Gasteiger partial charge on any atom is 0.491 e. The lowest BCUT2D eigenvalue weighted by Crippen LogP contribution is -2.41. The number of thioether (sulfide) groups is 1. The van der Waals surface area contributed by atoms with Crippen molar-refractivity contribution in [2.45, 2.75) is 52.7 Å². The molecule has 1 aromatic rings. The Morgan fingerprint density at radius 1 is 1.25 bits per heavy atom. The third kappa shape index (κ3) is 4.54. The van der Waals surface area contributed by atoms with Gasteiger partial charge in [-0.15, -0.1) is 0 Å². The van der Waals surface area contributed by atoms with Gasteiger partial charge in [0.25, 0.3) is 0 Å². The van der Waals surface area contributed by atoms with Gasteiger partial charge >= 0.3 is 7.12 Å². The van der Waals surface area contributed by atoms with Crippen molar-refractivity contribution in [3.8, 4) is 0 Å². The van der Waals surface area contributed by atoms with E-state index in [1.165, 1.54) is 17.3 Å². The summed E-state index contributed by atoms with van der Waals surface area (Å²) in [5.74, 6) is 0.553. The van der Waals surface area contributed by atoms with Crippen molar-refractivity contribution in [1.29, 1.82) is 0 Å². The van der Waals surface area contributed by atoms with Crippen molar-refractivity contribution >= 4 is 46.0 Å². The topological polar surface area (TPSA) is 35.5 Å². The molecule has 1 aromatic carbocycles. The predicted molar refractivity (Wildman–Crippen MR) is 106 cm³/mol. The van der Waals surface area contributed by atoms with Crippen molar-refractivity contribution in [3.63, 3.8) is 0 Å². The van der Waals surface area contributed by atoms with Gasteiger partial charge in [0, 0.05) is 17.1 Å². The summed E-state index contributed by atoms with van der Waals surface area (Å²) in [6.07, 6.45) is 2.06. The highest BCUT2D eigenvalue weighted by Gasteiger charge is 2.52. The molecule has 0 N–H and O–H groups in total. The first kappa shape index (κ1) is 19.8. The van der Waals surface area contributed by atoms with Crippen molar-refractivity contribution < 1.29 is 14.1 Å². The van der Waals surface area contributed by atoms with E-state index >= 15 is 0 Å². The molecule has 3 nitrogen and oxygen atoms in total. The monoisotopic (exact) mass is 410 g/mol. The molecule has 0 aliphatic carbocycles. The Labute approximate surface area is 157 Å². The quantitative estimate of drug-likeness (QED) is 0.650. The van der Waals surface area contributed by atoms with Crippen LogP contribution < -0.4 is 0 Å². The number of hydrogen-bond donors (Lipinski definition) is 0. The second kappa shape index (κ2) is 7.36. The molecule has 0 radical (unpaired) electrons. The Kier molecular flexibility index (Phi) is 6.06. The Morgan fingerprint density at radius 2 is 1.83 bits per heavy atom. The number of carbonyl (C=O) groups is 1. The van der Waals surface area contributed by atoms with Gasteiger partial charge in [-0.2, -0.15) is 0 Å². The number of halogens is 1. The van der Waals surface area contributed by atoms with Gasteiger partial charge in [-0.05, 0) is 57.3 Å². The van der Waals surface area contributed by atoms with Crippen LogP contribution in [-0.4, -0.2) is 29.2 Å². The Hall–Kier alpha value is -0.555. The van der Waals surface area contributed by atoms with Gasteiger partial charge in [0.15, 0.2) is 5.12 Å². The number of hydrogen-bond acceptors (Lipinski definition) is 4. The highest BCUT2D eigenvalue weighted by atomic mass is 79.9. The SMILES string of the molecule is CC(=O)SCC(=Cc1ccc(C)c(Br)c1)B1OC(C)(C)C(C)(C)O1. The van der Waals surface area contributed by atoms with Crippen molar-refractivity contribution in [2.75, 3.05) is 5.75 Å². The van der Waals surface area contributed by atoms with Crippen LogP contribution in [0.2, 0.25) is 0 Å². The van der Waals surface area contributed by atoms with Gasteiger partial charge in [0.05, 0.1) is 11.2 Å². The van der Waals surface area contributed by atoms with Crippen LogP contribution in [0.25, 0.3) is 6.08 Å². The second-order valence-electron chi connectivity index (χ2n) is 7.10. The van der Waals surface area contributed by atoms with E-state index in [2.05, 4.69) is 47.1 Å². The molecule has 24 heavy (non-hydrogen) atoms. The van der Waals surface area contributed by atoms with E-state index in [0.29, 0.717) is 5.75 Å². The summed E-state index contributed by atoms with van der Waals surface area (Å²) >= 11 is 4.84. The zero-order chi connectivity index (χ0) is 18.1. The first-order valence-corrected chi connectivity index (χ1v) is 9.75. The van der Waals surface area contributed by atoms with Crippen molar-refractivity contribution in [3.05, 3.63) is 39.3 Å². The van der Waals surface area contributed by atoms with Gasteiger partial charge in [0.2, 0.25) is 0 Å². The van der Waals surface area contributed by atoms with Gasteiger partial charge < -0.3 is 9.31 Å². The van der Waals surface area contributed by atoms with E-state index in [-0.39, 0.29) is 5.12 Å². The maximum atomic E-state index is 11.4. The highest BCUT2D eigenvalue weighted by Crippen LogP contribution is 2.39. The number of carbonyl (C=O) groups excluding carboxylic acids is 1.